The number of carbonyl (C=O) groups excluding carboxylic acids is 1. The van der Waals surface area contributed by atoms with E-state index in [-0.39, 0.29) is 22.8 Å². The zero-order valence-corrected chi connectivity index (χ0v) is 13.3. The van der Waals surface area contributed by atoms with Crippen LogP contribution in [0.4, 0.5) is 5.69 Å². The highest BCUT2D eigenvalue weighted by atomic mass is 32.2. The van der Waals surface area contributed by atoms with E-state index in [1.54, 1.807) is 19.1 Å². The van der Waals surface area contributed by atoms with Gasteiger partial charge in [0.25, 0.3) is 0 Å². The molecule has 4 unspecified atom stereocenters. The van der Waals surface area contributed by atoms with Gasteiger partial charge in [0.15, 0.2) is 0 Å². The summed E-state index contributed by atoms with van der Waals surface area (Å²) < 4.78 is 23.1. The van der Waals surface area contributed by atoms with Crippen LogP contribution in [0, 0.1) is 24.7 Å². The van der Waals surface area contributed by atoms with Crippen molar-refractivity contribution in [1.29, 1.82) is 0 Å². The van der Waals surface area contributed by atoms with Gasteiger partial charge in [-0.15, -0.1) is 0 Å². The SMILES string of the molecule is Cc1ccc(NC(=O)C2C3CCC(C3)C2N)cc1S(N)(=O)=O. The van der Waals surface area contributed by atoms with Crippen LogP contribution in [-0.4, -0.2) is 20.4 Å². The van der Waals surface area contributed by atoms with Gasteiger partial charge in [0.2, 0.25) is 15.9 Å². The molecule has 0 spiro atoms. The minimum absolute atomic E-state index is 0.0301. The summed E-state index contributed by atoms with van der Waals surface area (Å²) in [5.41, 5.74) is 7.16. The number of carbonyl (C=O) groups is 1. The summed E-state index contributed by atoms with van der Waals surface area (Å²) in [6, 6.07) is 4.62. The first-order valence-corrected chi connectivity index (χ1v) is 9.02. The largest absolute Gasteiger partial charge is 0.327 e. The van der Waals surface area contributed by atoms with Gasteiger partial charge in [0.1, 0.15) is 0 Å². The van der Waals surface area contributed by atoms with Crippen molar-refractivity contribution >= 4 is 21.6 Å². The maximum Gasteiger partial charge on any atom is 0.238 e. The Morgan fingerprint density at radius 3 is 2.55 bits per heavy atom. The number of aryl methyl sites for hydroxylation is 1. The normalized spacial score (nSPS) is 30.5. The van der Waals surface area contributed by atoms with Crippen LogP contribution in [0.2, 0.25) is 0 Å². The summed E-state index contributed by atoms with van der Waals surface area (Å²) >= 11 is 0. The fourth-order valence-electron chi connectivity index (χ4n) is 3.93. The van der Waals surface area contributed by atoms with E-state index in [9.17, 15) is 13.2 Å². The summed E-state index contributed by atoms with van der Waals surface area (Å²) in [6.45, 7) is 1.66. The summed E-state index contributed by atoms with van der Waals surface area (Å²) in [6.07, 6.45) is 3.18. The maximum absolute atomic E-state index is 12.5. The molecule has 0 aliphatic heterocycles. The lowest BCUT2D eigenvalue weighted by atomic mass is 9.84. The van der Waals surface area contributed by atoms with Crippen molar-refractivity contribution in [3.8, 4) is 0 Å². The molecule has 2 bridgehead atoms. The molecule has 1 amide bonds. The Bertz CT molecular complexity index is 715. The highest BCUT2D eigenvalue weighted by molar-refractivity contribution is 7.89. The van der Waals surface area contributed by atoms with Gasteiger partial charge < -0.3 is 11.1 Å². The fraction of sp³-hybridized carbons (Fsp3) is 0.533. The Balaban J connectivity index is 1.80. The Morgan fingerprint density at radius 1 is 1.27 bits per heavy atom. The quantitative estimate of drug-likeness (QED) is 0.768. The number of fused-ring (bicyclic) bond motifs is 2. The van der Waals surface area contributed by atoms with Crippen LogP contribution in [0.15, 0.2) is 23.1 Å². The highest BCUT2D eigenvalue weighted by Gasteiger charge is 2.49. The van der Waals surface area contributed by atoms with Gasteiger partial charge in [0, 0.05) is 11.7 Å². The summed E-state index contributed by atoms with van der Waals surface area (Å²) in [4.78, 5) is 12.5. The third-order valence-corrected chi connectivity index (χ3v) is 6.10. The lowest BCUT2D eigenvalue weighted by molar-refractivity contribution is -0.121. The highest BCUT2D eigenvalue weighted by Crippen LogP contribution is 2.47. The van der Waals surface area contributed by atoms with Gasteiger partial charge in [-0.05, 0) is 55.7 Å². The van der Waals surface area contributed by atoms with Crippen molar-refractivity contribution in [2.75, 3.05) is 5.32 Å². The molecule has 2 aliphatic rings. The van der Waals surface area contributed by atoms with Crippen LogP contribution in [0.3, 0.4) is 0 Å². The zero-order valence-electron chi connectivity index (χ0n) is 12.5. The van der Waals surface area contributed by atoms with Crippen LogP contribution in [0.5, 0.6) is 0 Å². The minimum atomic E-state index is -3.81. The predicted molar refractivity (Wildman–Crippen MR) is 83.5 cm³/mol. The van der Waals surface area contributed by atoms with Gasteiger partial charge in [0.05, 0.1) is 10.8 Å². The van der Waals surface area contributed by atoms with Crippen molar-refractivity contribution in [2.24, 2.45) is 28.6 Å². The van der Waals surface area contributed by atoms with E-state index in [1.807, 2.05) is 0 Å². The average Bonchev–Trinajstić information content (AvgIpc) is 3.00. The lowest BCUT2D eigenvalue weighted by Crippen LogP contribution is -2.42. The first-order valence-electron chi connectivity index (χ1n) is 7.47. The molecule has 2 saturated carbocycles. The topological polar surface area (TPSA) is 115 Å². The molecule has 6 nitrogen and oxygen atoms in total. The van der Waals surface area contributed by atoms with E-state index >= 15 is 0 Å². The molecule has 22 heavy (non-hydrogen) atoms. The molecule has 3 rings (SSSR count). The van der Waals surface area contributed by atoms with Crippen LogP contribution < -0.4 is 16.2 Å². The van der Waals surface area contributed by atoms with E-state index in [4.69, 9.17) is 10.9 Å². The standard InChI is InChI=1S/C15H21N3O3S/c1-8-2-5-11(7-12(8)22(17,20)21)18-15(19)13-9-3-4-10(6-9)14(13)16/h2,5,7,9-10,13-14H,3-4,6,16H2,1H3,(H,18,19)(H2,17,20,21). The fourth-order valence-corrected chi connectivity index (χ4v) is 4.74. The van der Waals surface area contributed by atoms with E-state index in [1.165, 1.54) is 6.07 Å². The van der Waals surface area contributed by atoms with Crippen molar-refractivity contribution in [2.45, 2.75) is 37.1 Å². The van der Waals surface area contributed by atoms with E-state index in [0.717, 1.165) is 19.3 Å². The Hall–Kier alpha value is -1.44. The number of hydrogen-bond acceptors (Lipinski definition) is 4. The number of nitrogens with one attached hydrogen (secondary N) is 1. The number of sulfonamides is 1. The maximum atomic E-state index is 12.5. The number of primary sulfonamides is 1. The van der Waals surface area contributed by atoms with Gasteiger partial charge in [-0.1, -0.05) is 6.07 Å². The van der Waals surface area contributed by atoms with Crippen LogP contribution >= 0.6 is 0 Å². The monoisotopic (exact) mass is 323 g/mol. The molecule has 0 radical (unpaired) electrons. The van der Waals surface area contributed by atoms with Gasteiger partial charge in [-0.3, -0.25) is 4.79 Å². The lowest BCUT2D eigenvalue weighted by Gasteiger charge is -2.27. The number of hydrogen-bond donors (Lipinski definition) is 3. The van der Waals surface area contributed by atoms with Crippen LogP contribution in [0.25, 0.3) is 0 Å². The molecule has 1 aromatic carbocycles. The van der Waals surface area contributed by atoms with Crippen LogP contribution in [0.1, 0.15) is 24.8 Å². The third-order valence-electron chi connectivity index (χ3n) is 5.05. The Morgan fingerprint density at radius 2 is 1.95 bits per heavy atom. The molecular formula is C15H21N3O3S. The number of nitrogens with two attached hydrogens (primary N) is 2. The first kappa shape index (κ1) is 15.5. The molecule has 4 atom stereocenters. The molecule has 1 aromatic rings. The Kier molecular flexibility index (Phi) is 3.74. The van der Waals surface area contributed by atoms with E-state index < -0.39 is 10.0 Å². The van der Waals surface area contributed by atoms with Crippen molar-refractivity contribution < 1.29 is 13.2 Å². The summed E-state index contributed by atoms with van der Waals surface area (Å²) in [5, 5.41) is 7.99. The predicted octanol–water partition coefficient (Wildman–Crippen LogP) is 0.954. The van der Waals surface area contributed by atoms with Gasteiger partial charge in [-0.25, -0.2) is 13.6 Å². The smallest absolute Gasteiger partial charge is 0.238 e. The van der Waals surface area contributed by atoms with Crippen molar-refractivity contribution in [3.63, 3.8) is 0 Å². The molecule has 7 heteroatoms. The second-order valence-corrected chi connectivity index (χ2v) is 7.98. The number of anilines is 1. The van der Waals surface area contributed by atoms with Crippen molar-refractivity contribution in [1.82, 2.24) is 0 Å². The second kappa shape index (κ2) is 5.33. The summed E-state index contributed by atoms with van der Waals surface area (Å²) in [7, 11) is -3.81. The molecule has 0 heterocycles. The average molecular weight is 323 g/mol. The third kappa shape index (κ3) is 2.64. The molecular weight excluding hydrogens is 302 g/mol. The number of rotatable bonds is 3. The van der Waals surface area contributed by atoms with E-state index in [0.29, 0.717) is 23.1 Å². The second-order valence-electron chi connectivity index (χ2n) is 6.45. The van der Waals surface area contributed by atoms with E-state index in [2.05, 4.69) is 5.32 Å². The molecule has 0 aromatic heterocycles. The summed E-state index contributed by atoms with van der Waals surface area (Å²) in [5.74, 6) is 0.490. The zero-order chi connectivity index (χ0) is 16.1. The molecule has 2 fully saturated rings. The molecule has 5 N–H and O–H groups in total. The molecule has 0 saturated heterocycles. The number of benzene rings is 1. The van der Waals surface area contributed by atoms with Gasteiger partial charge >= 0.3 is 0 Å². The van der Waals surface area contributed by atoms with Gasteiger partial charge in [-0.2, -0.15) is 0 Å². The minimum Gasteiger partial charge on any atom is -0.327 e. The Labute approximate surface area is 130 Å². The number of amides is 1. The molecule has 120 valence electrons. The van der Waals surface area contributed by atoms with Crippen molar-refractivity contribution in [3.05, 3.63) is 23.8 Å². The molecule has 2 aliphatic carbocycles. The van der Waals surface area contributed by atoms with Crippen LogP contribution in [-0.2, 0) is 14.8 Å². The first-order chi connectivity index (χ1) is 10.3.